The molecule has 33 heavy (non-hydrogen) atoms. The van der Waals surface area contributed by atoms with Gasteiger partial charge in [0, 0.05) is 13.1 Å². The first-order valence-corrected chi connectivity index (χ1v) is 11.3. The minimum absolute atomic E-state index is 0.119. The molecule has 0 spiro atoms. The maximum Gasteiger partial charge on any atom is 0.236 e. The summed E-state index contributed by atoms with van der Waals surface area (Å²) in [6.07, 6.45) is 5.10. The molecule has 0 aliphatic carbocycles. The number of hydrogen-bond donors (Lipinski definition) is 2. The van der Waals surface area contributed by atoms with Crippen molar-refractivity contribution in [1.29, 1.82) is 0 Å². The molecule has 1 aliphatic heterocycles. The molecule has 1 aliphatic rings. The van der Waals surface area contributed by atoms with Gasteiger partial charge in [0.2, 0.25) is 5.91 Å². The molecule has 1 amide bonds. The van der Waals surface area contributed by atoms with Crippen LogP contribution in [0.1, 0.15) is 37.7 Å². The lowest BCUT2D eigenvalue weighted by atomic mass is 10.0. The minimum Gasteiger partial charge on any atom is -0.358 e. The van der Waals surface area contributed by atoms with Crippen LogP contribution in [0.25, 0.3) is 22.2 Å². The maximum atomic E-state index is 12.8. The van der Waals surface area contributed by atoms with Crippen molar-refractivity contribution in [3.05, 3.63) is 42.7 Å². The Labute approximate surface area is 192 Å². The molecule has 10 heteroatoms. The highest BCUT2D eigenvalue weighted by atomic mass is 16.2. The number of rotatable bonds is 6. The van der Waals surface area contributed by atoms with Crippen LogP contribution in [0.15, 0.2) is 36.9 Å². The maximum absolute atomic E-state index is 12.8. The summed E-state index contributed by atoms with van der Waals surface area (Å²) in [4.78, 5) is 37.6. The minimum atomic E-state index is -0.119. The molecule has 4 heterocycles. The number of likely N-dealkylation sites (tertiary alicyclic amines) is 1. The van der Waals surface area contributed by atoms with Gasteiger partial charge in [0.15, 0.2) is 11.5 Å². The summed E-state index contributed by atoms with van der Waals surface area (Å²) in [5.41, 5.74) is 3.43. The van der Waals surface area contributed by atoms with Gasteiger partial charge in [-0.25, -0.2) is 19.9 Å². The van der Waals surface area contributed by atoms with Crippen LogP contribution in [0, 0.1) is 0 Å². The van der Waals surface area contributed by atoms with E-state index in [1.165, 1.54) is 6.33 Å². The number of carbonyl (C=O) groups is 1. The van der Waals surface area contributed by atoms with Crippen molar-refractivity contribution < 1.29 is 4.79 Å². The number of anilines is 1. The Balaban J connectivity index is 1.48. The van der Waals surface area contributed by atoms with E-state index >= 15 is 0 Å². The second-order valence-corrected chi connectivity index (χ2v) is 8.89. The highest BCUT2D eigenvalue weighted by Crippen LogP contribution is 2.32. The number of benzene rings is 1. The average Bonchev–Trinajstić information content (AvgIpc) is 3.44. The molecule has 172 valence electrons. The Bertz CT molecular complexity index is 1280. The highest BCUT2D eigenvalue weighted by molar-refractivity contribution is 5.82. The Morgan fingerprint density at radius 2 is 2.12 bits per heavy atom. The average molecular weight is 448 g/mol. The summed E-state index contributed by atoms with van der Waals surface area (Å²) in [5, 5.41) is 3.49. The third-order valence-electron chi connectivity index (χ3n) is 6.15. The van der Waals surface area contributed by atoms with Crippen LogP contribution in [-0.4, -0.2) is 78.9 Å². The number of imidazole rings is 2. The Morgan fingerprint density at radius 3 is 2.97 bits per heavy atom. The van der Waals surface area contributed by atoms with Crippen molar-refractivity contribution in [2.75, 3.05) is 39.0 Å². The van der Waals surface area contributed by atoms with E-state index in [1.807, 2.05) is 42.1 Å². The van der Waals surface area contributed by atoms with Gasteiger partial charge in [0.1, 0.15) is 17.7 Å². The lowest BCUT2D eigenvalue weighted by molar-refractivity contribution is -0.133. The van der Waals surface area contributed by atoms with Gasteiger partial charge in [-0.05, 0) is 46.0 Å². The monoisotopic (exact) mass is 447 g/mol. The van der Waals surface area contributed by atoms with E-state index in [9.17, 15) is 4.79 Å². The van der Waals surface area contributed by atoms with Gasteiger partial charge in [0.25, 0.3) is 0 Å². The van der Waals surface area contributed by atoms with Gasteiger partial charge < -0.3 is 24.7 Å². The van der Waals surface area contributed by atoms with Crippen LogP contribution in [0.2, 0.25) is 0 Å². The number of nitrogens with one attached hydrogen (secondary N) is 2. The molecule has 3 aromatic heterocycles. The van der Waals surface area contributed by atoms with Crippen molar-refractivity contribution in [1.82, 2.24) is 39.3 Å². The number of fused-ring (bicyclic) bond motifs is 2. The number of aromatic nitrogens is 6. The topological polar surface area (TPSA) is 108 Å². The van der Waals surface area contributed by atoms with Gasteiger partial charge in [-0.15, -0.1) is 0 Å². The SMILES string of the molecule is C[C@H](Nc1ncnc2nc[nH]c12)c1nc2ccccc2n1C1CCCN(C(=O)CN(C)C)C1. The molecule has 1 aromatic carbocycles. The zero-order valence-corrected chi connectivity index (χ0v) is 19.2. The van der Waals surface area contributed by atoms with Gasteiger partial charge in [-0.2, -0.15) is 0 Å². The molecule has 2 N–H and O–H groups in total. The second-order valence-electron chi connectivity index (χ2n) is 8.89. The predicted molar refractivity (Wildman–Crippen MR) is 127 cm³/mol. The first-order valence-electron chi connectivity index (χ1n) is 11.3. The van der Waals surface area contributed by atoms with E-state index in [0.29, 0.717) is 24.6 Å². The summed E-state index contributed by atoms with van der Waals surface area (Å²) in [7, 11) is 3.86. The standard InChI is InChI=1S/C23H29N9O/c1-15(28-22-20-21(25-13-24-20)26-14-27-22)23-29-17-8-4-5-9-18(17)32(23)16-7-6-10-31(11-16)19(33)12-30(2)3/h4-5,8-9,13-16H,6-7,10-12H2,1-3H3,(H2,24,25,26,27,28)/t15-,16?/m0/s1. The molecule has 0 radical (unpaired) electrons. The third kappa shape index (κ3) is 4.13. The molecule has 2 atom stereocenters. The fourth-order valence-corrected chi connectivity index (χ4v) is 4.66. The lowest BCUT2D eigenvalue weighted by Crippen LogP contribution is -2.44. The number of carbonyl (C=O) groups excluding carboxylic acids is 1. The van der Waals surface area contributed by atoms with Gasteiger partial charge in [-0.3, -0.25) is 4.79 Å². The molecule has 1 saturated heterocycles. The fraction of sp³-hybridized carbons (Fsp3) is 0.435. The zero-order valence-electron chi connectivity index (χ0n) is 19.2. The summed E-state index contributed by atoms with van der Waals surface area (Å²) in [6, 6.07) is 8.24. The number of amides is 1. The molecule has 0 saturated carbocycles. The van der Waals surface area contributed by atoms with Crippen LogP contribution in [0.4, 0.5) is 5.82 Å². The molecule has 4 aromatic rings. The van der Waals surface area contributed by atoms with Crippen LogP contribution in [-0.2, 0) is 4.79 Å². The van der Waals surface area contributed by atoms with E-state index in [0.717, 1.165) is 41.8 Å². The fourth-order valence-electron chi connectivity index (χ4n) is 4.66. The van der Waals surface area contributed by atoms with Crippen molar-refractivity contribution in [2.45, 2.75) is 31.8 Å². The lowest BCUT2D eigenvalue weighted by Gasteiger charge is -2.35. The number of nitrogens with zero attached hydrogens (tertiary/aromatic N) is 7. The summed E-state index contributed by atoms with van der Waals surface area (Å²) < 4.78 is 2.31. The number of aromatic amines is 1. The van der Waals surface area contributed by atoms with Crippen molar-refractivity contribution in [2.24, 2.45) is 0 Å². The summed E-state index contributed by atoms with van der Waals surface area (Å²) >= 11 is 0. The number of para-hydroxylation sites is 2. The Morgan fingerprint density at radius 1 is 1.27 bits per heavy atom. The van der Waals surface area contributed by atoms with E-state index in [-0.39, 0.29) is 18.0 Å². The van der Waals surface area contributed by atoms with Crippen molar-refractivity contribution in [3.8, 4) is 0 Å². The van der Waals surface area contributed by atoms with E-state index in [1.54, 1.807) is 6.33 Å². The predicted octanol–water partition coefficient (Wildman–Crippen LogP) is 2.60. The Kier molecular flexibility index (Phi) is 5.67. The van der Waals surface area contributed by atoms with Crippen LogP contribution >= 0.6 is 0 Å². The van der Waals surface area contributed by atoms with Crippen LogP contribution in [0.5, 0.6) is 0 Å². The van der Waals surface area contributed by atoms with E-state index in [2.05, 4.69) is 42.8 Å². The van der Waals surface area contributed by atoms with Gasteiger partial charge in [-0.1, -0.05) is 12.1 Å². The number of hydrogen-bond acceptors (Lipinski definition) is 7. The zero-order chi connectivity index (χ0) is 22.9. The largest absolute Gasteiger partial charge is 0.358 e. The molecule has 10 nitrogen and oxygen atoms in total. The Hall–Kier alpha value is -3.53. The number of likely N-dealkylation sites (N-methyl/N-ethyl adjacent to an activating group) is 1. The van der Waals surface area contributed by atoms with Gasteiger partial charge in [0.05, 0.1) is 36.0 Å². The van der Waals surface area contributed by atoms with Crippen molar-refractivity contribution in [3.63, 3.8) is 0 Å². The molecule has 1 unspecified atom stereocenters. The summed E-state index contributed by atoms with van der Waals surface area (Å²) in [6.45, 7) is 4.00. The number of H-pyrrole nitrogens is 1. The molecular formula is C23H29N9O. The smallest absolute Gasteiger partial charge is 0.236 e. The highest BCUT2D eigenvalue weighted by Gasteiger charge is 2.29. The molecule has 5 rings (SSSR count). The van der Waals surface area contributed by atoms with E-state index in [4.69, 9.17) is 4.98 Å². The molecular weight excluding hydrogens is 418 g/mol. The normalized spacial score (nSPS) is 17.7. The first-order chi connectivity index (χ1) is 16.0. The quantitative estimate of drug-likeness (QED) is 0.468. The summed E-state index contributed by atoms with van der Waals surface area (Å²) in [5.74, 6) is 1.79. The van der Waals surface area contributed by atoms with Crippen LogP contribution < -0.4 is 5.32 Å². The van der Waals surface area contributed by atoms with Crippen molar-refractivity contribution >= 4 is 33.9 Å². The van der Waals surface area contributed by atoms with E-state index < -0.39 is 0 Å². The third-order valence-corrected chi connectivity index (χ3v) is 6.15. The number of piperidine rings is 1. The first kappa shape index (κ1) is 21.3. The second kappa shape index (κ2) is 8.78. The van der Waals surface area contributed by atoms with Crippen LogP contribution in [0.3, 0.4) is 0 Å². The van der Waals surface area contributed by atoms with Gasteiger partial charge >= 0.3 is 0 Å². The molecule has 0 bridgehead atoms. The molecule has 1 fully saturated rings.